The number of carboxylic acids is 1. The first-order valence-corrected chi connectivity index (χ1v) is 7.23. The molecule has 0 saturated heterocycles. The van der Waals surface area contributed by atoms with Crippen molar-refractivity contribution in [3.05, 3.63) is 35.4 Å². The van der Waals surface area contributed by atoms with E-state index in [-0.39, 0.29) is 6.54 Å². The molecule has 0 saturated carbocycles. The molecular weight excluding hydrogens is 252 g/mol. The van der Waals surface area contributed by atoms with E-state index in [0.29, 0.717) is 6.04 Å². The largest absolute Gasteiger partial charge is 0.480 e. The Morgan fingerprint density at radius 3 is 2.60 bits per heavy atom. The third kappa shape index (κ3) is 4.05. The van der Waals surface area contributed by atoms with Crippen molar-refractivity contribution in [3.8, 4) is 0 Å². The number of rotatable bonds is 6. The predicted octanol–water partition coefficient (Wildman–Crippen LogP) is 1.49. The normalized spacial score (nSPS) is 18.3. The van der Waals surface area contributed by atoms with E-state index < -0.39 is 5.97 Å². The van der Waals surface area contributed by atoms with Crippen molar-refractivity contribution in [1.29, 1.82) is 0 Å². The van der Waals surface area contributed by atoms with Crippen molar-refractivity contribution in [2.75, 3.05) is 33.7 Å². The SMILES string of the molecule is CN(C)CCN(CC(=O)O)C1CCc2ccccc2C1. The zero-order valence-corrected chi connectivity index (χ0v) is 12.4. The molecule has 0 heterocycles. The molecule has 0 spiro atoms. The lowest BCUT2D eigenvalue weighted by molar-refractivity contribution is -0.139. The summed E-state index contributed by atoms with van der Waals surface area (Å²) in [7, 11) is 4.05. The van der Waals surface area contributed by atoms with Gasteiger partial charge in [0.05, 0.1) is 6.54 Å². The fourth-order valence-electron chi connectivity index (χ4n) is 2.88. The Morgan fingerprint density at radius 2 is 1.95 bits per heavy atom. The second kappa shape index (κ2) is 6.86. The van der Waals surface area contributed by atoms with Crippen LogP contribution in [0.15, 0.2) is 24.3 Å². The quantitative estimate of drug-likeness (QED) is 0.855. The summed E-state index contributed by atoms with van der Waals surface area (Å²) >= 11 is 0. The molecule has 1 aliphatic carbocycles. The van der Waals surface area contributed by atoms with Crippen LogP contribution >= 0.6 is 0 Å². The van der Waals surface area contributed by atoms with Crippen molar-refractivity contribution in [1.82, 2.24) is 9.80 Å². The molecule has 0 fully saturated rings. The van der Waals surface area contributed by atoms with Crippen LogP contribution in [0, 0.1) is 0 Å². The third-order valence-electron chi connectivity index (χ3n) is 4.01. The third-order valence-corrected chi connectivity index (χ3v) is 4.01. The molecule has 0 bridgehead atoms. The van der Waals surface area contributed by atoms with Gasteiger partial charge < -0.3 is 10.0 Å². The smallest absolute Gasteiger partial charge is 0.317 e. The average molecular weight is 276 g/mol. The first-order valence-electron chi connectivity index (χ1n) is 7.23. The number of likely N-dealkylation sites (N-methyl/N-ethyl adjacent to an activating group) is 1. The van der Waals surface area contributed by atoms with Gasteiger partial charge in [0.2, 0.25) is 0 Å². The number of nitrogens with zero attached hydrogens (tertiary/aromatic N) is 2. The summed E-state index contributed by atoms with van der Waals surface area (Å²) in [6.45, 7) is 1.85. The molecule has 20 heavy (non-hydrogen) atoms. The zero-order valence-electron chi connectivity index (χ0n) is 12.4. The molecular formula is C16H24N2O2. The summed E-state index contributed by atoms with van der Waals surface area (Å²) < 4.78 is 0. The molecule has 4 heteroatoms. The van der Waals surface area contributed by atoms with Gasteiger partial charge in [-0.3, -0.25) is 9.69 Å². The number of fused-ring (bicyclic) bond motifs is 1. The van der Waals surface area contributed by atoms with Gasteiger partial charge >= 0.3 is 5.97 Å². The van der Waals surface area contributed by atoms with Crippen LogP contribution in [0.3, 0.4) is 0 Å². The molecule has 1 atom stereocenters. The zero-order chi connectivity index (χ0) is 14.5. The van der Waals surface area contributed by atoms with E-state index >= 15 is 0 Å². The molecule has 0 aromatic heterocycles. The van der Waals surface area contributed by atoms with Gasteiger partial charge in [-0.25, -0.2) is 0 Å². The molecule has 4 nitrogen and oxygen atoms in total. The van der Waals surface area contributed by atoms with Crippen LogP contribution in [-0.4, -0.2) is 60.6 Å². The Kier molecular flexibility index (Phi) is 5.15. The summed E-state index contributed by atoms with van der Waals surface area (Å²) in [6, 6.07) is 8.86. The maximum absolute atomic E-state index is 11.1. The van der Waals surface area contributed by atoms with E-state index in [1.54, 1.807) is 0 Å². The predicted molar refractivity (Wildman–Crippen MR) is 80.0 cm³/mol. The van der Waals surface area contributed by atoms with Gasteiger partial charge in [0.15, 0.2) is 0 Å². The Bertz CT molecular complexity index is 460. The molecule has 1 aliphatic rings. The highest BCUT2D eigenvalue weighted by Gasteiger charge is 2.25. The summed E-state index contributed by atoms with van der Waals surface area (Å²) in [5.41, 5.74) is 2.80. The standard InChI is InChI=1S/C16H24N2O2/c1-17(2)9-10-18(12-16(19)20)15-8-7-13-5-3-4-6-14(13)11-15/h3-6,15H,7-12H2,1-2H3,(H,19,20). The molecule has 1 aromatic rings. The van der Waals surface area contributed by atoms with Crippen LogP contribution in [0.2, 0.25) is 0 Å². The number of carbonyl (C=O) groups is 1. The van der Waals surface area contributed by atoms with Crippen molar-refractivity contribution in [3.63, 3.8) is 0 Å². The van der Waals surface area contributed by atoms with Gasteiger partial charge in [-0.1, -0.05) is 24.3 Å². The van der Waals surface area contributed by atoms with Crippen molar-refractivity contribution >= 4 is 5.97 Å². The van der Waals surface area contributed by atoms with Crippen LogP contribution in [0.25, 0.3) is 0 Å². The number of benzene rings is 1. The second-order valence-corrected chi connectivity index (χ2v) is 5.83. The Hall–Kier alpha value is -1.39. The fourth-order valence-corrected chi connectivity index (χ4v) is 2.88. The van der Waals surface area contributed by atoms with E-state index in [1.807, 2.05) is 14.1 Å². The van der Waals surface area contributed by atoms with Gasteiger partial charge in [0, 0.05) is 19.1 Å². The first kappa shape index (κ1) is 15.0. The van der Waals surface area contributed by atoms with Crippen LogP contribution in [0.5, 0.6) is 0 Å². The molecule has 2 rings (SSSR count). The Labute approximate surface area is 121 Å². The van der Waals surface area contributed by atoms with Crippen LogP contribution in [-0.2, 0) is 17.6 Å². The summed E-state index contributed by atoms with van der Waals surface area (Å²) in [4.78, 5) is 15.3. The number of carboxylic acid groups (broad SMARTS) is 1. The van der Waals surface area contributed by atoms with E-state index in [2.05, 4.69) is 34.1 Å². The van der Waals surface area contributed by atoms with Crippen LogP contribution < -0.4 is 0 Å². The summed E-state index contributed by atoms with van der Waals surface area (Å²) in [5, 5.41) is 9.12. The minimum atomic E-state index is -0.734. The lowest BCUT2D eigenvalue weighted by Gasteiger charge is -2.34. The van der Waals surface area contributed by atoms with E-state index in [0.717, 1.165) is 32.4 Å². The molecule has 110 valence electrons. The first-order chi connectivity index (χ1) is 9.56. The van der Waals surface area contributed by atoms with E-state index in [4.69, 9.17) is 5.11 Å². The van der Waals surface area contributed by atoms with Crippen molar-refractivity contribution < 1.29 is 9.90 Å². The van der Waals surface area contributed by atoms with E-state index in [9.17, 15) is 4.79 Å². The van der Waals surface area contributed by atoms with Gasteiger partial charge in [-0.05, 0) is 44.5 Å². The van der Waals surface area contributed by atoms with Crippen LogP contribution in [0.4, 0.5) is 0 Å². The fraction of sp³-hybridized carbons (Fsp3) is 0.562. The Morgan fingerprint density at radius 1 is 1.25 bits per heavy atom. The van der Waals surface area contributed by atoms with Crippen molar-refractivity contribution in [2.45, 2.75) is 25.3 Å². The van der Waals surface area contributed by atoms with E-state index in [1.165, 1.54) is 11.1 Å². The lowest BCUT2D eigenvalue weighted by Crippen LogP contribution is -2.45. The second-order valence-electron chi connectivity index (χ2n) is 5.83. The lowest BCUT2D eigenvalue weighted by atomic mass is 9.87. The molecule has 0 amide bonds. The minimum absolute atomic E-state index is 0.140. The number of hydrogen-bond acceptors (Lipinski definition) is 3. The highest BCUT2D eigenvalue weighted by molar-refractivity contribution is 5.69. The number of aryl methyl sites for hydroxylation is 1. The maximum atomic E-state index is 11.1. The van der Waals surface area contributed by atoms with Crippen LogP contribution in [0.1, 0.15) is 17.5 Å². The molecule has 0 aliphatic heterocycles. The summed E-state index contributed by atoms with van der Waals surface area (Å²) in [6.07, 6.45) is 3.08. The Balaban J connectivity index is 2.04. The summed E-state index contributed by atoms with van der Waals surface area (Å²) in [5.74, 6) is -0.734. The highest BCUT2D eigenvalue weighted by atomic mass is 16.4. The maximum Gasteiger partial charge on any atom is 0.317 e. The van der Waals surface area contributed by atoms with Crippen molar-refractivity contribution in [2.24, 2.45) is 0 Å². The number of aliphatic carboxylic acids is 1. The minimum Gasteiger partial charge on any atom is -0.480 e. The molecule has 1 aromatic carbocycles. The topological polar surface area (TPSA) is 43.8 Å². The molecule has 1 unspecified atom stereocenters. The van der Waals surface area contributed by atoms with Gasteiger partial charge in [0.25, 0.3) is 0 Å². The average Bonchev–Trinajstić information content (AvgIpc) is 2.42. The monoisotopic (exact) mass is 276 g/mol. The molecule has 0 radical (unpaired) electrons. The van der Waals surface area contributed by atoms with Gasteiger partial charge in [-0.2, -0.15) is 0 Å². The number of hydrogen-bond donors (Lipinski definition) is 1. The highest BCUT2D eigenvalue weighted by Crippen LogP contribution is 2.24. The molecule has 1 N–H and O–H groups in total. The van der Waals surface area contributed by atoms with Gasteiger partial charge in [0.1, 0.15) is 0 Å². The van der Waals surface area contributed by atoms with Gasteiger partial charge in [-0.15, -0.1) is 0 Å².